The number of carbonyl (C=O) groups is 1. The number of ether oxygens (including phenoxy) is 2. The molecule has 3 aliphatic rings. The molecule has 3 saturated carbocycles. The van der Waals surface area contributed by atoms with Gasteiger partial charge in [0.15, 0.2) is 0 Å². The molecule has 0 amide bonds. The summed E-state index contributed by atoms with van der Waals surface area (Å²) in [6.45, 7) is 6.02. The Morgan fingerprint density at radius 3 is 2.44 bits per heavy atom. The molecule has 0 bridgehead atoms. The highest BCUT2D eigenvalue weighted by Gasteiger charge is 2.46. The Balaban J connectivity index is 1.50. The third-order valence-electron chi connectivity index (χ3n) is 5.55. The average Bonchev–Trinajstić information content (AvgIpc) is 3.43. The van der Waals surface area contributed by atoms with Crippen molar-refractivity contribution >= 4 is 5.97 Å². The second-order valence-corrected chi connectivity index (χ2v) is 9.05. The van der Waals surface area contributed by atoms with Crippen LogP contribution in [-0.2, 0) is 4.74 Å². The van der Waals surface area contributed by atoms with Gasteiger partial charge in [-0.1, -0.05) is 0 Å². The van der Waals surface area contributed by atoms with E-state index in [1.165, 1.54) is 25.3 Å². The van der Waals surface area contributed by atoms with Gasteiger partial charge in [0.2, 0.25) is 0 Å². The van der Waals surface area contributed by atoms with E-state index >= 15 is 0 Å². The van der Waals surface area contributed by atoms with Crippen LogP contribution in [0.4, 0.5) is 4.39 Å². The quantitative estimate of drug-likeness (QED) is 0.697. The van der Waals surface area contributed by atoms with Gasteiger partial charge in [0.05, 0.1) is 12.2 Å². The van der Waals surface area contributed by atoms with Crippen LogP contribution < -0.4 is 4.74 Å². The minimum absolute atomic E-state index is 0.0197. The first kappa shape index (κ1) is 16.9. The first-order valence-electron chi connectivity index (χ1n) is 9.50. The summed E-state index contributed by atoms with van der Waals surface area (Å²) in [5.41, 5.74) is 0.346. The Kier molecular flexibility index (Phi) is 4.04. The third-order valence-corrected chi connectivity index (χ3v) is 5.55. The smallest absolute Gasteiger partial charge is 0.341 e. The fourth-order valence-electron chi connectivity index (χ4n) is 4.08. The van der Waals surface area contributed by atoms with Crippen molar-refractivity contribution in [3.63, 3.8) is 0 Å². The van der Waals surface area contributed by atoms with Crippen molar-refractivity contribution in [2.24, 2.45) is 17.8 Å². The first-order valence-corrected chi connectivity index (χ1v) is 9.50. The van der Waals surface area contributed by atoms with Gasteiger partial charge in [0.1, 0.15) is 17.2 Å². The molecule has 2 unspecified atom stereocenters. The number of carbonyl (C=O) groups excluding carboxylic acids is 1. The Labute approximate surface area is 148 Å². The highest BCUT2D eigenvalue weighted by atomic mass is 19.1. The van der Waals surface area contributed by atoms with Crippen molar-refractivity contribution < 1.29 is 18.7 Å². The van der Waals surface area contributed by atoms with Crippen LogP contribution in [-0.4, -0.2) is 18.2 Å². The summed E-state index contributed by atoms with van der Waals surface area (Å²) in [6, 6.07) is 3.05. The van der Waals surface area contributed by atoms with Gasteiger partial charge >= 0.3 is 5.97 Å². The van der Waals surface area contributed by atoms with Crippen LogP contribution in [0.1, 0.15) is 74.7 Å². The predicted molar refractivity (Wildman–Crippen MR) is 93.4 cm³/mol. The number of rotatable bonds is 5. The molecule has 0 spiro atoms. The van der Waals surface area contributed by atoms with E-state index in [1.54, 1.807) is 26.8 Å². The zero-order valence-corrected chi connectivity index (χ0v) is 15.3. The van der Waals surface area contributed by atoms with Crippen molar-refractivity contribution in [1.29, 1.82) is 0 Å². The Morgan fingerprint density at radius 1 is 1.16 bits per heavy atom. The van der Waals surface area contributed by atoms with Gasteiger partial charge < -0.3 is 9.47 Å². The highest BCUT2D eigenvalue weighted by Crippen LogP contribution is 2.54. The number of halogens is 1. The van der Waals surface area contributed by atoms with E-state index in [0.717, 1.165) is 30.2 Å². The van der Waals surface area contributed by atoms with Gasteiger partial charge in [0, 0.05) is 6.07 Å². The lowest BCUT2D eigenvalue weighted by atomic mass is 10.0. The molecule has 2 atom stereocenters. The molecule has 0 saturated heterocycles. The zero-order valence-electron chi connectivity index (χ0n) is 15.3. The summed E-state index contributed by atoms with van der Waals surface area (Å²) in [6.07, 6.45) is 6.04. The van der Waals surface area contributed by atoms with Crippen LogP contribution in [0, 0.1) is 23.6 Å². The molecule has 4 rings (SSSR count). The van der Waals surface area contributed by atoms with Gasteiger partial charge in [-0.15, -0.1) is 0 Å². The van der Waals surface area contributed by atoms with Crippen LogP contribution in [0.5, 0.6) is 5.75 Å². The molecule has 25 heavy (non-hydrogen) atoms. The maximum absolute atomic E-state index is 14.5. The van der Waals surface area contributed by atoms with Crippen molar-refractivity contribution in [3.8, 4) is 5.75 Å². The maximum atomic E-state index is 14.5. The van der Waals surface area contributed by atoms with E-state index in [2.05, 4.69) is 0 Å². The average molecular weight is 346 g/mol. The summed E-state index contributed by atoms with van der Waals surface area (Å²) in [5.74, 6) is 2.29. The van der Waals surface area contributed by atoms with Crippen LogP contribution in [0.2, 0.25) is 0 Å². The molecular formula is C21H27FO3. The molecule has 0 N–H and O–H groups in total. The van der Waals surface area contributed by atoms with Crippen LogP contribution in [0.25, 0.3) is 0 Å². The van der Waals surface area contributed by atoms with Gasteiger partial charge in [-0.3, -0.25) is 0 Å². The van der Waals surface area contributed by atoms with Crippen molar-refractivity contribution in [2.75, 3.05) is 6.61 Å². The Morgan fingerprint density at radius 2 is 1.84 bits per heavy atom. The van der Waals surface area contributed by atoms with E-state index in [1.807, 2.05) is 0 Å². The number of benzene rings is 1. The van der Waals surface area contributed by atoms with E-state index in [0.29, 0.717) is 24.2 Å². The Bertz CT molecular complexity index is 677. The van der Waals surface area contributed by atoms with Gasteiger partial charge in [-0.05, 0) is 88.2 Å². The lowest BCUT2D eigenvalue weighted by Gasteiger charge is -2.21. The number of fused-ring (bicyclic) bond motifs is 1. The molecule has 3 fully saturated rings. The standard InChI is InChI=1S/C21H27FO3/c1-21(2,3)25-20(23)17-9-16(13-4-5-13)19(10-18(17)22)24-11-12-6-14-8-15(14)7-12/h9-10,12-15H,4-8,11H2,1-3H3. The fraction of sp³-hybridized carbons (Fsp3) is 0.667. The zero-order chi connectivity index (χ0) is 17.8. The molecule has 3 aliphatic carbocycles. The minimum atomic E-state index is -0.637. The molecule has 0 heterocycles. The monoisotopic (exact) mass is 346 g/mol. The molecule has 4 heteroatoms. The van der Waals surface area contributed by atoms with Crippen molar-refractivity contribution in [2.45, 2.75) is 64.4 Å². The molecule has 0 aliphatic heterocycles. The number of hydrogen-bond acceptors (Lipinski definition) is 3. The normalized spacial score (nSPS) is 27.8. The van der Waals surface area contributed by atoms with Crippen molar-refractivity contribution in [3.05, 3.63) is 29.1 Å². The molecule has 0 aromatic heterocycles. The molecule has 3 nitrogen and oxygen atoms in total. The second-order valence-electron chi connectivity index (χ2n) is 9.05. The second kappa shape index (κ2) is 6.00. The summed E-state index contributed by atoms with van der Waals surface area (Å²) in [4.78, 5) is 12.3. The molecule has 0 radical (unpaired) electrons. The summed E-state index contributed by atoms with van der Waals surface area (Å²) >= 11 is 0. The SMILES string of the molecule is CC(C)(C)OC(=O)c1cc(C2CC2)c(OCC2CC3CC3C2)cc1F. The Hall–Kier alpha value is -1.58. The molecule has 1 aromatic rings. The summed E-state index contributed by atoms with van der Waals surface area (Å²) in [7, 11) is 0. The highest BCUT2D eigenvalue weighted by molar-refractivity contribution is 5.90. The third kappa shape index (κ3) is 3.83. The van der Waals surface area contributed by atoms with E-state index in [-0.39, 0.29) is 5.56 Å². The lowest BCUT2D eigenvalue weighted by molar-refractivity contribution is 0.00645. The maximum Gasteiger partial charge on any atom is 0.341 e. The van der Waals surface area contributed by atoms with Crippen LogP contribution >= 0.6 is 0 Å². The fourth-order valence-corrected chi connectivity index (χ4v) is 4.08. The predicted octanol–water partition coefficient (Wildman–Crippen LogP) is 5.08. The lowest BCUT2D eigenvalue weighted by Crippen LogP contribution is -2.24. The van der Waals surface area contributed by atoms with E-state index in [4.69, 9.17) is 9.47 Å². The summed E-state index contributed by atoms with van der Waals surface area (Å²) in [5, 5.41) is 0. The number of hydrogen-bond donors (Lipinski definition) is 0. The van der Waals surface area contributed by atoms with Gasteiger partial charge in [-0.2, -0.15) is 0 Å². The molecular weight excluding hydrogens is 319 g/mol. The van der Waals surface area contributed by atoms with E-state index in [9.17, 15) is 9.18 Å². The molecule has 136 valence electrons. The van der Waals surface area contributed by atoms with Crippen molar-refractivity contribution in [1.82, 2.24) is 0 Å². The largest absolute Gasteiger partial charge is 0.493 e. The van der Waals surface area contributed by atoms with Crippen LogP contribution in [0.15, 0.2) is 12.1 Å². The van der Waals surface area contributed by atoms with Gasteiger partial charge in [-0.25, -0.2) is 9.18 Å². The van der Waals surface area contributed by atoms with Gasteiger partial charge in [0.25, 0.3) is 0 Å². The summed E-state index contributed by atoms with van der Waals surface area (Å²) < 4.78 is 25.9. The topological polar surface area (TPSA) is 35.5 Å². The molecule has 1 aromatic carbocycles. The first-order chi connectivity index (χ1) is 11.8. The van der Waals surface area contributed by atoms with E-state index < -0.39 is 17.4 Å². The number of esters is 1. The minimum Gasteiger partial charge on any atom is -0.493 e. The van der Waals surface area contributed by atoms with Crippen LogP contribution in [0.3, 0.4) is 0 Å².